The minimum Gasteiger partial charge on any atom is -0.495 e. The summed E-state index contributed by atoms with van der Waals surface area (Å²) in [5.41, 5.74) is -0.143. The molecular formula is C17H16N2O7S. The van der Waals surface area contributed by atoms with Crippen LogP contribution in [0.5, 0.6) is 5.75 Å². The number of methoxy groups -OCH3 is 1. The van der Waals surface area contributed by atoms with Gasteiger partial charge in [0.25, 0.3) is 11.6 Å². The summed E-state index contributed by atoms with van der Waals surface area (Å²) in [6.07, 6.45) is -0.163. The second-order valence-corrected chi connectivity index (χ2v) is 6.20. The highest BCUT2D eigenvalue weighted by Gasteiger charge is 2.16. The van der Waals surface area contributed by atoms with Crippen molar-refractivity contribution >= 4 is 40.4 Å². The molecule has 0 aliphatic heterocycles. The van der Waals surface area contributed by atoms with Gasteiger partial charge < -0.3 is 14.8 Å². The van der Waals surface area contributed by atoms with Gasteiger partial charge in [-0.15, -0.1) is 11.3 Å². The average Bonchev–Trinajstić information content (AvgIpc) is 3.19. The lowest BCUT2D eigenvalue weighted by Crippen LogP contribution is -2.21. The summed E-state index contributed by atoms with van der Waals surface area (Å²) < 4.78 is 9.85. The lowest BCUT2D eigenvalue weighted by atomic mass is 10.2. The third-order valence-electron chi connectivity index (χ3n) is 3.38. The number of non-ortho nitro benzene ring substituents is 1. The lowest BCUT2D eigenvalue weighted by molar-refractivity contribution is -0.384. The highest BCUT2D eigenvalue weighted by Crippen LogP contribution is 2.28. The van der Waals surface area contributed by atoms with Crippen LogP contribution in [0, 0.1) is 10.1 Å². The summed E-state index contributed by atoms with van der Waals surface area (Å²) in [6, 6.07) is 7.12. The Morgan fingerprint density at radius 3 is 2.63 bits per heavy atom. The summed E-state index contributed by atoms with van der Waals surface area (Å²) >= 11 is 1.28. The van der Waals surface area contributed by atoms with Crippen molar-refractivity contribution in [2.45, 2.75) is 12.8 Å². The molecule has 1 aromatic heterocycles. The van der Waals surface area contributed by atoms with E-state index < -0.39 is 23.4 Å². The Morgan fingerprint density at radius 1 is 1.22 bits per heavy atom. The van der Waals surface area contributed by atoms with Gasteiger partial charge in [0.15, 0.2) is 12.4 Å². The van der Waals surface area contributed by atoms with E-state index in [-0.39, 0.29) is 35.7 Å². The molecular weight excluding hydrogens is 376 g/mol. The molecule has 0 radical (unpaired) electrons. The number of rotatable bonds is 9. The fraction of sp³-hybridized carbons (Fsp3) is 0.235. The standard InChI is InChI=1S/C17H16N2O7S/c1-25-14-6-4-11(19(23)24)9-12(14)18-16(21)10-26-17(22)7-5-13(20)15-3-2-8-27-15/h2-4,6,8-9H,5,7,10H2,1H3,(H,18,21). The quantitative estimate of drug-likeness (QED) is 0.301. The van der Waals surface area contributed by atoms with E-state index >= 15 is 0 Å². The Hall–Kier alpha value is -3.27. The first-order valence-electron chi connectivity index (χ1n) is 7.75. The van der Waals surface area contributed by atoms with Gasteiger partial charge in [-0.05, 0) is 17.5 Å². The molecule has 1 amide bonds. The van der Waals surface area contributed by atoms with Crippen LogP contribution < -0.4 is 10.1 Å². The first-order chi connectivity index (χ1) is 12.9. The number of nitrogens with zero attached hydrogens (tertiary/aromatic N) is 1. The molecule has 1 aromatic carbocycles. The zero-order chi connectivity index (χ0) is 19.8. The Bertz CT molecular complexity index is 849. The number of nitro benzene ring substituents is 1. The number of nitro groups is 1. The van der Waals surface area contributed by atoms with Crippen LogP contribution in [0.3, 0.4) is 0 Å². The van der Waals surface area contributed by atoms with Crippen LogP contribution in [-0.4, -0.2) is 36.3 Å². The maximum atomic E-state index is 11.9. The fourth-order valence-corrected chi connectivity index (χ4v) is 2.78. The molecule has 0 saturated carbocycles. The zero-order valence-corrected chi connectivity index (χ0v) is 15.1. The van der Waals surface area contributed by atoms with Gasteiger partial charge in [-0.3, -0.25) is 24.5 Å². The van der Waals surface area contributed by atoms with Crippen LogP contribution in [0.15, 0.2) is 35.7 Å². The van der Waals surface area contributed by atoms with Gasteiger partial charge in [-0.2, -0.15) is 0 Å². The largest absolute Gasteiger partial charge is 0.495 e. The Balaban J connectivity index is 1.83. The SMILES string of the molecule is COc1ccc([N+](=O)[O-])cc1NC(=O)COC(=O)CCC(=O)c1cccs1. The number of benzene rings is 1. The van der Waals surface area contributed by atoms with Crippen molar-refractivity contribution in [1.29, 1.82) is 0 Å². The molecule has 10 heteroatoms. The molecule has 142 valence electrons. The van der Waals surface area contributed by atoms with Crippen LogP contribution in [-0.2, 0) is 14.3 Å². The van der Waals surface area contributed by atoms with Crippen LogP contribution >= 0.6 is 11.3 Å². The minimum atomic E-state index is -0.693. The highest BCUT2D eigenvalue weighted by atomic mass is 32.1. The van der Waals surface area contributed by atoms with E-state index in [9.17, 15) is 24.5 Å². The van der Waals surface area contributed by atoms with Crippen molar-refractivity contribution in [3.05, 3.63) is 50.7 Å². The van der Waals surface area contributed by atoms with Crippen molar-refractivity contribution in [2.75, 3.05) is 19.0 Å². The van der Waals surface area contributed by atoms with E-state index in [4.69, 9.17) is 9.47 Å². The zero-order valence-electron chi connectivity index (χ0n) is 14.3. The summed E-state index contributed by atoms with van der Waals surface area (Å²) in [5.74, 6) is -1.33. The molecule has 2 rings (SSSR count). The number of hydrogen-bond donors (Lipinski definition) is 1. The van der Waals surface area contributed by atoms with Crippen LogP contribution in [0.2, 0.25) is 0 Å². The maximum absolute atomic E-state index is 11.9. The van der Waals surface area contributed by atoms with Gasteiger partial charge in [0, 0.05) is 18.6 Å². The summed E-state index contributed by atoms with van der Waals surface area (Å²) in [7, 11) is 1.35. The average molecular weight is 392 g/mol. The Kier molecular flexibility index (Phi) is 7.00. The number of anilines is 1. The number of carbonyl (C=O) groups excluding carboxylic acids is 3. The number of thiophene rings is 1. The molecule has 0 unspecified atom stereocenters. The van der Waals surface area contributed by atoms with Gasteiger partial charge in [-0.25, -0.2) is 0 Å². The van der Waals surface area contributed by atoms with Crippen molar-refractivity contribution < 1.29 is 28.8 Å². The first-order valence-corrected chi connectivity index (χ1v) is 8.63. The first kappa shape index (κ1) is 20.0. The molecule has 0 saturated heterocycles. The molecule has 27 heavy (non-hydrogen) atoms. The minimum absolute atomic E-state index is 0.0142. The third kappa shape index (κ3) is 5.89. The van der Waals surface area contributed by atoms with Crippen molar-refractivity contribution in [3.8, 4) is 5.75 Å². The van der Waals surface area contributed by atoms with Gasteiger partial charge in [0.05, 0.1) is 29.0 Å². The summed E-state index contributed by atoms with van der Waals surface area (Å²) in [6.45, 7) is -0.585. The van der Waals surface area contributed by atoms with Gasteiger partial charge in [0.1, 0.15) is 5.75 Å². The molecule has 0 spiro atoms. The molecule has 0 aliphatic rings. The summed E-state index contributed by atoms with van der Waals surface area (Å²) in [5, 5.41) is 15.0. The van der Waals surface area contributed by atoms with E-state index in [2.05, 4.69) is 5.32 Å². The lowest BCUT2D eigenvalue weighted by Gasteiger charge is -2.10. The van der Waals surface area contributed by atoms with E-state index in [0.717, 1.165) is 6.07 Å². The van der Waals surface area contributed by atoms with Crippen molar-refractivity contribution in [1.82, 2.24) is 0 Å². The number of hydrogen-bond acceptors (Lipinski definition) is 8. The van der Waals surface area contributed by atoms with Crippen molar-refractivity contribution in [3.63, 3.8) is 0 Å². The van der Waals surface area contributed by atoms with E-state index in [1.54, 1.807) is 17.5 Å². The van der Waals surface area contributed by atoms with Gasteiger partial charge >= 0.3 is 5.97 Å². The fourth-order valence-electron chi connectivity index (χ4n) is 2.09. The summed E-state index contributed by atoms with van der Waals surface area (Å²) in [4.78, 5) is 46.2. The molecule has 0 bridgehead atoms. The normalized spacial score (nSPS) is 10.1. The number of ketones is 1. The monoisotopic (exact) mass is 392 g/mol. The van der Waals surface area contributed by atoms with E-state index in [1.807, 2.05) is 0 Å². The number of esters is 1. The topological polar surface area (TPSA) is 125 Å². The van der Waals surface area contributed by atoms with Crippen LogP contribution in [0.25, 0.3) is 0 Å². The number of ether oxygens (including phenoxy) is 2. The number of amides is 1. The van der Waals surface area contributed by atoms with Crippen LogP contribution in [0.4, 0.5) is 11.4 Å². The molecule has 0 fully saturated rings. The Morgan fingerprint density at radius 2 is 2.00 bits per heavy atom. The Labute approximate surface area is 158 Å². The van der Waals surface area contributed by atoms with Crippen molar-refractivity contribution in [2.24, 2.45) is 0 Å². The van der Waals surface area contributed by atoms with E-state index in [0.29, 0.717) is 4.88 Å². The van der Waals surface area contributed by atoms with E-state index in [1.165, 1.54) is 30.6 Å². The second kappa shape index (κ2) is 9.43. The maximum Gasteiger partial charge on any atom is 0.306 e. The molecule has 1 heterocycles. The predicted molar refractivity (Wildman–Crippen MR) is 97.1 cm³/mol. The highest BCUT2D eigenvalue weighted by molar-refractivity contribution is 7.12. The second-order valence-electron chi connectivity index (χ2n) is 5.25. The smallest absolute Gasteiger partial charge is 0.306 e. The molecule has 0 atom stereocenters. The number of carbonyl (C=O) groups is 3. The van der Waals surface area contributed by atoms with Crippen LogP contribution in [0.1, 0.15) is 22.5 Å². The molecule has 2 aromatic rings. The molecule has 1 N–H and O–H groups in total. The number of nitrogens with one attached hydrogen (secondary N) is 1. The molecule has 0 aliphatic carbocycles. The molecule has 9 nitrogen and oxygen atoms in total. The van der Waals surface area contributed by atoms with Gasteiger partial charge in [0.2, 0.25) is 0 Å². The number of Topliss-reactive ketones (excluding diaryl/α,β-unsaturated/α-hetero) is 1. The third-order valence-corrected chi connectivity index (χ3v) is 4.30. The predicted octanol–water partition coefficient (Wildman–Crippen LogP) is 2.81. The van der Waals surface area contributed by atoms with Gasteiger partial charge in [-0.1, -0.05) is 6.07 Å².